The van der Waals surface area contributed by atoms with Crippen molar-refractivity contribution in [1.29, 1.82) is 0 Å². The van der Waals surface area contributed by atoms with E-state index in [1.54, 1.807) is 23.0 Å². The molecule has 0 bridgehead atoms. The van der Waals surface area contributed by atoms with Gasteiger partial charge in [-0.05, 0) is 34.7 Å². The zero-order valence-corrected chi connectivity index (χ0v) is 14.4. The molecule has 120 valence electrons. The van der Waals surface area contributed by atoms with Crippen molar-refractivity contribution in [2.75, 3.05) is 0 Å². The van der Waals surface area contributed by atoms with Gasteiger partial charge in [0, 0.05) is 28.4 Å². The molecule has 0 spiro atoms. The summed E-state index contributed by atoms with van der Waals surface area (Å²) in [5.41, 5.74) is 1.42. The van der Waals surface area contributed by atoms with Crippen LogP contribution in [0.4, 0.5) is 0 Å². The Bertz CT molecular complexity index is 1060. The van der Waals surface area contributed by atoms with Crippen molar-refractivity contribution in [3.05, 3.63) is 63.0 Å². The number of hydrogen-bond acceptors (Lipinski definition) is 7. The fourth-order valence-corrected chi connectivity index (χ4v) is 3.76. The number of rotatable bonds is 4. The fraction of sp³-hybridized carbons (Fsp3) is 0.0714. The van der Waals surface area contributed by atoms with Gasteiger partial charge >= 0.3 is 0 Å². The van der Waals surface area contributed by atoms with Crippen molar-refractivity contribution in [2.24, 2.45) is 0 Å². The van der Waals surface area contributed by atoms with Gasteiger partial charge in [0.05, 0.1) is 11.4 Å². The van der Waals surface area contributed by atoms with Crippen molar-refractivity contribution in [1.82, 2.24) is 29.6 Å². The normalized spacial score (nSPS) is 11.2. The van der Waals surface area contributed by atoms with Crippen LogP contribution in [0.3, 0.4) is 0 Å². The molecular formula is C14H9ClN6OS2. The number of aromatic nitrogens is 6. The molecule has 1 aromatic carbocycles. The van der Waals surface area contributed by atoms with Gasteiger partial charge in [-0.15, -0.1) is 16.4 Å². The van der Waals surface area contributed by atoms with Crippen molar-refractivity contribution >= 4 is 39.7 Å². The predicted molar refractivity (Wildman–Crippen MR) is 93.1 cm³/mol. The van der Waals surface area contributed by atoms with Crippen LogP contribution in [-0.2, 0) is 5.75 Å². The molecule has 4 rings (SSSR count). The van der Waals surface area contributed by atoms with Crippen molar-refractivity contribution in [3.63, 3.8) is 0 Å². The van der Waals surface area contributed by atoms with Gasteiger partial charge in [0.25, 0.3) is 5.56 Å². The Morgan fingerprint density at radius 1 is 1.25 bits per heavy atom. The van der Waals surface area contributed by atoms with Crippen LogP contribution in [-0.4, -0.2) is 29.6 Å². The first kappa shape index (κ1) is 15.3. The quantitative estimate of drug-likeness (QED) is 0.509. The molecule has 0 unspecified atom stereocenters. The van der Waals surface area contributed by atoms with Gasteiger partial charge in [0.1, 0.15) is 0 Å². The number of halogens is 1. The van der Waals surface area contributed by atoms with Crippen molar-refractivity contribution in [3.8, 4) is 5.69 Å². The van der Waals surface area contributed by atoms with E-state index < -0.39 is 0 Å². The molecule has 3 aromatic heterocycles. The summed E-state index contributed by atoms with van der Waals surface area (Å²) in [7, 11) is 0. The highest BCUT2D eigenvalue weighted by Crippen LogP contribution is 2.22. The highest BCUT2D eigenvalue weighted by Gasteiger charge is 2.11. The van der Waals surface area contributed by atoms with E-state index in [2.05, 4.69) is 20.5 Å². The number of hydrogen-bond donors (Lipinski definition) is 0. The average Bonchev–Trinajstić information content (AvgIpc) is 3.22. The standard InChI is InChI=1S/C14H9ClN6OS2/c15-9-1-3-11(4-2-9)21-14(17-18-19-21)24-8-10-7-12(22)20-5-6-23-13(20)16-10/h1-7H,8H2. The molecule has 0 saturated carbocycles. The maximum Gasteiger partial charge on any atom is 0.258 e. The molecule has 7 nitrogen and oxygen atoms in total. The van der Waals surface area contributed by atoms with Gasteiger partial charge in [-0.1, -0.05) is 23.4 Å². The molecule has 0 saturated heterocycles. The van der Waals surface area contributed by atoms with Gasteiger partial charge in [-0.3, -0.25) is 9.20 Å². The van der Waals surface area contributed by atoms with Crippen LogP contribution >= 0.6 is 34.7 Å². The number of thiazole rings is 1. The van der Waals surface area contributed by atoms with Crippen molar-refractivity contribution < 1.29 is 0 Å². The largest absolute Gasteiger partial charge is 0.269 e. The smallest absolute Gasteiger partial charge is 0.258 e. The number of thioether (sulfide) groups is 1. The average molecular weight is 377 g/mol. The molecule has 3 heterocycles. The van der Waals surface area contributed by atoms with Crippen LogP contribution in [0, 0.1) is 0 Å². The summed E-state index contributed by atoms with van der Waals surface area (Å²) >= 11 is 8.74. The van der Waals surface area contributed by atoms with E-state index in [9.17, 15) is 4.79 Å². The minimum absolute atomic E-state index is 0.0888. The van der Waals surface area contributed by atoms with E-state index in [1.165, 1.54) is 33.6 Å². The SMILES string of the molecule is O=c1cc(CSc2nnnn2-c2ccc(Cl)cc2)nc2sccn12. The molecule has 0 aliphatic heterocycles. The lowest BCUT2D eigenvalue weighted by molar-refractivity contribution is 0.756. The second-order valence-electron chi connectivity index (χ2n) is 4.78. The van der Waals surface area contributed by atoms with Crippen molar-refractivity contribution in [2.45, 2.75) is 10.9 Å². The number of tetrazole rings is 1. The lowest BCUT2D eigenvalue weighted by Gasteiger charge is -2.04. The van der Waals surface area contributed by atoms with Crippen LogP contribution in [0.1, 0.15) is 5.69 Å². The van der Waals surface area contributed by atoms with Crippen LogP contribution in [0.25, 0.3) is 10.6 Å². The molecule has 24 heavy (non-hydrogen) atoms. The van der Waals surface area contributed by atoms with Gasteiger partial charge in [0.2, 0.25) is 5.16 Å². The summed E-state index contributed by atoms with van der Waals surface area (Å²) in [6, 6.07) is 8.76. The van der Waals surface area contributed by atoms with Crippen LogP contribution in [0.5, 0.6) is 0 Å². The highest BCUT2D eigenvalue weighted by molar-refractivity contribution is 7.98. The third kappa shape index (κ3) is 2.93. The first-order valence-corrected chi connectivity index (χ1v) is 9.08. The van der Waals surface area contributed by atoms with E-state index in [0.717, 1.165) is 5.69 Å². The molecule has 0 aliphatic carbocycles. The zero-order chi connectivity index (χ0) is 16.5. The Morgan fingerprint density at radius 2 is 2.08 bits per heavy atom. The van der Waals surface area contributed by atoms with Crippen LogP contribution < -0.4 is 5.56 Å². The lowest BCUT2D eigenvalue weighted by Crippen LogP contribution is -2.12. The first-order valence-electron chi connectivity index (χ1n) is 6.83. The summed E-state index contributed by atoms with van der Waals surface area (Å²) in [5, 5.41) is 14.8. The molecule has 0 aliphatic rings. The molecule has 0 amide bonds. The van der Waals surface area contributed by atoms with Gasteiger partial charge in [-0.2, -0.15) is 4.68 Å². The minimum Gasteiger partial charge on any atom is -0.269 e. The highest BCUT2D eigenvalue weighted by atomic mass is 35.5. The molecule has 0 N–H and O–H groups in total. The molecule has 4 aromatic rings. The van der Waals surface area contributed by atoms with Gasteiger partial charge in [0.15, 0.2) is 4.96 Å². The maximum absolute atomic E-state index is 12.0. The van der Waals surface area contributed by atoms with E-state index in [1.807, 2.05) is 17.5 Å². The van der Waals surface area contributed by atoms with Gasteiger partial charge < -0.3 is 0 Å². The molecule has 10 heteroatoms. The number of benzene rings is 1. The second kappa shape index (κ2) is 6.34. The number of nitrogens with zero attached hydrogens (tertiary/aromatic N) is 6. The maximum atomic E-state index is 12.0. The Balaban J connectivity index is 1.59. The Hall–Kier alpha value is -2.23. The summed E-state index contributed by atoms with van der Waals surface area (Å²) in [5.74, 6) is 0.498. The third-order valence-electron chi connectivity index (χ3n) is 3.22. The van der Waals surface area contributed by atoms with E-state index >= 15 is 0 Å². The molecular weight excluding hydrogens is 368 g/mol. The van der Waals surface area contributed by atoms with Gasteiger partial charge in [-0.25, -0.2) is 4.98 Å². The van der Waals surface area contributed by atoms with E-state index in [4.69, 9.17) is 11.6 Å². The molecule has 0 atom stereocenters. The summed E-state index contributed by atoms with van der Waals surface area (Å²) in [4.78, 5) is 17.2. The molecule has 0 fully saturated rings. The monoisotopic (exact) mass is 376 g/mol. The Labute approximate surface area is 148 Å². The van der Waals surface area contributed by atoms with Crippen LogP contribution in [0.15, 0.2) is 51.9 Å². The Morgan fingerprint density at radius 3 is 2.92 bits per heavy atom. The lowest BCUT2D eigenvalue weighted by atomic mass is 10.3. The predicted octanol–water partition coefficient (Wildman–Crippen LogP) is 2.68. The first-order chi connectivity index (χ1) is 11.7. The van der Waals surface area contributed by atoms with Crippen LogP contribution in [0.2, 0.25) is 5.02 Å². The number of fused-ring (bicyclic) bond motifs is 1. The Kier molecular flexibility index (Phi) is 4.05. The second-order valence-corrected chi connectivity index (χ2v) is 7.03. The van der Waals surface area contributed by atoms with E-state index in [-0.39, 0.29) is 5.56 Å². The summed E-state index contributed by atoms with van der Waals surface area (Å²) in [6.45, 7) is 0. The molecule has 0 radical (unpaired) electrons. The summed E-state index contributed by atoms with van der Waals surface area (Å²) in [6.07, 6.45) is 1.72. The minimum atomic E-state index is -0.0888. The summed E-state index contributed by atoms with van der Waals surface area (Å²) < 4.78 is 3.15. The topological polar surface area (TPSA) is 78.0 Å². The third-order valence-corrected chi connectivity index (χ3v) is 5.18. The fourth-order valence-electron chi connectivity index (χ4n) is 2.11. The van der Waals surface area contributed by atoms with E-state index in [0.29, 0.717) is 26.6 Å². The zero-order valence-electron chi connectivity index (χ0n) is 12.0.